The molecule has 4 N–H and O–H groups in total. The lowest BCUT2D eigenvalue weighted by Gasteiger charge is -2.22. The molecule has 0 aliphatic carbocycles. The molecule has 2 atom stereocenters. The van der Waals surface area contributed by atoms with Crippen LogP contribution in [0.15, 0.2) is 54.6 Å². The minimum absolute atomic E-state index is 0. The summed E-state index contributed by atoms with van der Waals surface area (Å²) >= 11 is 0. The molecule has 28 heavy (non-hydrogen) atoms. The van der Waals surface area contributed by atoms with Crippen molar-refractivity contribution in [3.05, 3.63) is 65.7 Å². The number of amides is 2. The molecule has 2 rings (SSSR count). The van der Waals surface area contributed by atoms with Crippen LogP contribution in [0.5, 0.6) is 5.75 Å². The van der Waals surface area contributed by atoms with Crippen LogP contribution in [-0.4, -0.2) is 31.5 Å². The van der Waals surface area contributed by atoms with E-state index in [0.29, 0.717) is 5.75 Å². The summed E-state index contributed by atoms with van der Waals surface area (Å²) in [6, 6.07) is 16.1. The molecule has 2 aromatic rings. The Morgan fingerprint density at radius 2 is 1.64 bits per heavy atom. The van der Waals surface area contributed by atoms with Gasteiger partial charge in [-0.2, -0.15) is 0 Å². The summed E-state index contributed by atoms with van der Waals surface area (Å²) in [6.45, 7) is 3.58. The number of nitrogens with two attached hydrogens (primary N) is 1. The van der Waals surface area contributed by atoms with E-state index in [1.807, 2.05) is 68.4 Å². The first-order valence-corrected chi connectivity index (χ1v) is 8.94. The van der Waals surface area contributed by atoms with Crippen molar-refractivity contribution in [2.45, 2.75) is 25.9 Å². The first-order chi connectivity index (χ1) is 12.9. The zero-order chi connectivity index (χ0) is 19.8. The van der Waals surface area contributed by atoms with E-state index in [4.69, 9.17) is 10.5 Å². The van der Waals surface area contributed by atoms with E-state index in [1.54, 1.807) is 7.11 Å². The van der Waals surface area contributed by atoms with Crippen molar-refractivity contribution < 1.29 is 14.3 Å². The standard InChI is InChI=1S/C21H27N3O3.ClH/c1-14(2)19(22)21(26)23-13-18(25)24-20(15-9-5-4-6-10-15)16-11-7-8-12-17(16)27-3;/h4-12,14,19-20H,13,22H2,1-3H3,(H,23,26)(H,24,25);1H/t19-,20?;/m0./s1. The van der Waals surface area contributed by atoms with Gasteiger partial charge in [0.15, 0.2) is 0 Å². The van der Waals surface area contributed by atoms with Crippen LogP contribution in [0.4, 0.5) is 0 Å². The van der Waals surface area contributed by atoms with Gasteiger partial charge in [-0.3, -0.25) is 9.59 Å². The third kappa shape index (κ3) is 6.25. The number of hydrogen-bond acceptors (Lipinski definition) is 4. The number of carbonyl (C=O) groups excluding carboxylic acids is 2. The number of ether oxygens (including phenoxy) is 1. The van der Waals surface area contributed by atoms with Crippen LogP contribution >= 0.6 is 12.4 Å². The smallest absolute Gasteiger partial charge is 0.240 e. The lowest BCUT2D eigenvalue weighted by Crippen LogP contribution is -2.47. The van der Waals surface area contributed by atoms with Gasteiger partial charge in [0.1, 0.15) is 5.75 Å². The molecule has 0 saturated heterocycles. The van der Waals surface area contributed by atoms with Gasteiger partial charge in [-0.25, -0.2) is 0 Å². The van der Waals surface area contributed by atoms with Gasteiger partial charge in [-0.1, -0.05) is 62.4 Å². The third-order valence-electron chi connectivity index (χ3n) is 4.33. The predicted octanol–water partition coefficient (Wildman–Crippen LogP) is 2.42. The maximum atomic E-state index is 12.5. The van der Waals surface area contributed by atoms with E-state index in [1.165, 1.54) is 0 Å². The van der Waals surface area contributed by atoms with Crippen LogP contribution < -0.4 is 21.1 Å². The van der Waals surface area contributed by atoms with Gasteiger partial charge in [0, 0.05) is 5.56 Å². The highest BCUT2D eigenvalue weighted by molar-refractivity contribution is 5.87. The van der Waals surface area contributed by atoms with Crippen molar-refractivity contribution in [1.82, 2.24) is 10.6 Å². The van der Waals surface area contributed by atoms with Crippen LogP contribution in [0.25, 0.3) is 0 Å². The summed E-state index contributed by atoms with van der Waals surface area (Å²) in [6.07, 6.45) is 0. The van der Waals surface area contributed by atoms with E-state index in [-0.39, 0.29) is 36.7 Å². The van der Waals surface area contributed by atoms with E-state index in [9.17, 15) is 9.59 Å². The Morgan fingerprint density at radius 1 is 1.04 bits per heavy atom. The summed E-state index contributed by atoms with van der Waals surface area (Å²) in [7, 11) is 1.59. The minimum Gasteiger partial charge on any atom is -0.496 e. The molecule has 2 amide bonds. The molecular formula is C21H28ClN3O3. The predicted molar refractivity (Wildman–Crippen MR) is 112 cm³/mol. The molecule has 2 aromatic carbocycles. The van der Waals surface area contributed by atoms with Crippen molar-refractivity contribution in [1.29, 1.82) is 0 Å². The highest BCUT2D eigenvalue weighted by Gasteiger charge is 2.22. The fraction of sp³-hybridized carbons (Fsp3) is 0.333. The zero-order valence-electron chi connectivity index (χ0n) is 16.3. The number of halogens is 1. The van der Waals surface area contributed by atoms with Gasteiger partial charge in [0.2, 0.25) is 11.8 Å². The highest BCUT2D eigenvalue weighted by Crippen LogP contribution is 2.29. The Bertz CT molecular complexity index is 769. The van der Waals surface area contributed by atoms with Gasteiger partial charge in [0.25, 0.3) is 0 Å². The minimum atomic E-state index is -0.642. The topological polar surface area (TPSA) is 93.5 Å². The summed E-state index contributed by atoms with van der Waals surface area (Å²) in [5, 5.41) is 5.57. The molecule has 0 fully saturated rings. The number of benzene rings is 2. The molecule has 0 radical (unpaired) electrons. The average Bonchev–Trinajstić information content (AvgIpc) is 2.70. The Morgan fingerprint density at radius 3 is 2.25 bits per heavy atom. The molecule has 6 nitrogen and oxygen atoms in total. The summed E-state index contributed by atoms with van der Waals surface area (Å²) in [5.41, 5.74) is 7.56. The molecule has 0 aliphatic heterocycles. The number of hydrogen-bond donors (Lipinski definition) is 3. The zero-order valence-corrected chi connectivity index (χ0v) is 17.2. The molecular weight excluding hydrogens is 378 g/mol. The second-order valence-electron chi connectivity index (χ2n) is 6.64. The second-order valence-corrected chi connectivity index (χ2v) is 6.64. The molecule has 0 heterocycles. The Labute approximate surface area is 172 Å². The van der Waals surface area contributed by atoms with Gasteiger partial charge < -0.3 is 21.1 Å². The summed E-state index contributed by atoms with van der Waals surface area (Å²) < 4.78 is 5.45. The van der Waals surface area contributed by atoms with Gasteiger partial charge in [0.05, 0.1) is 25.7 Å². The number of nitrogens with one attached hydrogen (secondary N) is 2. The van der Waals surface area contributed by atoms with Crippen molar-refractivity contribution >= 4 is 24.2 Å². The fourth-order valence-corrected chi connectivity index (χ4v) is 2.69. The number of carbonyl (C=O) groups is 2. The van der Waals surface area contributed by atoms with E-state index >= 15 is 0 Å². The van der Waals surface area contributed by atoms with E-state index < -0.39 is 12.1 Å². The van der Waals surface area contributed by atoms with Crippen LogP contribution in [0.3, 0.4) is 0 Å². The lowest BCUT2D eigenvalue weighted by molar-refractivity contribution is -0.127. The second kappa shape index (κ2) is 11.3. The van der Waals surface area contributed by atoms with Gasteiger partial charge in [-0.05, 0) is 17.5 Å². The largest absolute Gasteiger partial charge is 0.496 e. The summed E-state index contributed by atoms with van der Waals surface area (Å²) in [4.78, 5) is 24.5. The van der Waals surface area contributed by atoms with Crippen molar-refractivity contribution in [3.63, 3.8) is 0 Å². The quantitative estimate of drug-likeness (QED) is 0.628. The van der Waals surface area contributed by atoms with Gasteiger partial charge >= 0.3 is 0 Å². The van der Waals surface area contributed by atoms with E-state index in [0.717, 1.165) is 11.1 Å². The number of methoxy groups -OCH3 is 1. The monoisotopic (exact) mass is 405 g/mol. The first kappa shape index (κ1) is 23.5. The molecule has 152 valence electrons. The van der Waals surface area contributed by atoms with Crippen LogP contribution in [-0.2, 0) is 9.59 Å². The normalized spacial score (nSPS) is 12.5. The van der Waals surface area contributed by atoms with E-state index in [2.05, 4.69) is 10.6 Å². The maximum Gasteiger partial charge on any atom is 0.240 e. The molecule has 0 aromatic heterocycles. The van der Waals surface area contributed by atoms with Crippen molar-refractivity contribution in [2.75, 3.05) is 13.7 Å². The Hall–Kier alpha value is -2.57. The van der Waals surface area contributed by atoms with Crippen molar-refractivity contribution in [2.24, 2.45) is 11.7 Å². The third-order valence-corrected chi connectivity index (χ3v) is 4.33. The number of para-hydroxylation sites is 1. The molecule has 1 unspecified atom stereocenters. The van der Waals surface area contributed by atoms with Gasteiger partial charge in [-0.15, -0.1) is 12.4 Å². The molecule has 0 saturated carbocycles. The molecule has 7 heteroatoms. The molecule has 0 aliphatic rings. The molecule has 0 bridgehead atoms. The fourth-order valence-electron chi connectivity index (χ4n) is 2.69. The Kier molecular flexibility index (Phi) is 9.48. The average molecular weight is 406 g/mol. The van der Waals surface area contributed by atoms with Crippen LogP contribution in [0.1, 0.15) is 31.0 Å². The SMILES string of the molecule is COc1ccccc1C(NC(=O)CNC(=O)[C@@H](N)C(C)C)c1ccccc1.Cl. The Balaban J connectivity index is 0.00000392. The summed E-state index contributed by atoms with van der Waals surface area (Å²) in [5.74, 6) is 0.0315. The maximum absolute atomic E-state index is 12.5. The number of rotatable bonds is 8. The highest BCUT2D eigenvalue weighted by atomic mass is 35.5. The lowest BCUT2D eigenvalue weighted by atomic mass is 9.97. The van der Waals surface area contributed by atoms with Crippen LogP contribution in [0.2, 0.25) is 0 Å². The van der Waals surface area contributed by atoms with Crippen LogP contribution in [0, 0.1) is 5.92 Å². The first-order valence-electron chi connectivity index (χ1n) is 8.94. The molecule has 0 spiro atoms. The van der Waals surface area contributed by atoms with Crippen molar-refractivity contribution in [3.8, 4) is 5.75 Å².